The average molecular weight is 464 g/mol. The lowest BCUT2D eigenvalue weighted by Crippen LogP contribution is -2.34. The van der Waals surface area contributed by atoms with Crippen molar-refractivity contribution in [2.24, 2.45) is 5.92 Å². The Morgan fingerprint density at radius 3 is 2.47 bits per heavy atom. The van der Waals surface area contributed by atoms with Crippen LogP contribution in [0.25, 0.3) is 11.3 Å². The first kappa shape index (κ1) is 23.4. The van der Waals surface area contributed by atoms with Crippen LogP contribution in [0.4, 0.5) is 16.2 Å². The Hall–Kier alpha value is -3.81. The molecule has 8 heteroatoms. The minimum absolute atomic E-state index is 0.236. The molecular formula is C26H29N3O5. The number of carboxylic acid groups (broad SMARTS) is 1. The average Bonchev–Trinajstić information content (AvgIpc) is 3.19. The van der Waals surface area contributed by atoms with Crippen LogP contribution in [-0.4, -0.2) is 35.4 Å². The van der Waals surface area contributed by atoms with Crippen molar-refractivity contribution in [2.45, 2.75) is 39.2 Å². The molecule has 0 bridgehead atoms. The number of aromatic nitrogens is 1. The van der Waals surface area contributed by atoms with Crippen LogP contribution in [-0.2, 0) is 9.53 Å². The minimum Gasteiger partial charge on any atom is -0.481 e. The molecule has 1 atom stereocenters. The largest absolute Gasteiger partial charge is 0.481 e. The fourth-order valence-corrected chi connectivity index (χ4v) is 4.26. The van der Waals surface area contributed by atoms with Gasteiger partial charge in [-0.1, -0.05) is 35.5 Å². The first-order valence-corrected chi connectivity index (χ1v) is 11.5. The molecule has 3 aromatic rings. The van der Waals surface area contributed by atoms with Gasteiger partial charge in [0.2, 0.25) is 0 Å². The van der Waals surface area contributed by atoms with Crippen molar-refractivity contribution >= 4 is 23.4 Å². The van der Waals surface area contributed by atoms with E-state index in [1.54, 1.807) is 6.92 Å². The molecule has 178 valence electrons. The van der Waals surface area contributed by atoms with E-state index in [0.29, 0.717) is 17.1 Å². The molecule has 1 amide bonds. The monoisotopic (exact) mass is 463 g/mol. The summed E-state index contributed by atoms with van der Waals surface area (Å²) < 4.78 is 11.0. The lowest BCUT2D eigenvalue weighted by molar-refractivity contribution is -0.138. The van der Waals surface area contributed by atoms with Crippen LogP contribution in [0.3, 0.4) is 0 Å². The molecule has 2 aromatic carbocycles. The molecule has 2 N–H and O–H groups in total. The highest BCUT2D eigenvalue weighted by atomic mass is 16.6. The maximum Gasteiger partial charge on any atom is 0.412 e. The Morgan fingerprint density at radius 2 is 1.82 bits per heavy atom. The molecule has 1 unspecified atom stereocenters. The summed E-state index contributed by atoms with van der Waals surface area (Å²) in [4.78, 5) is 25.7. The third kappa shape index (κ3) is 5.57. The number of rotatable bonds is 7. The highest BCUT2D eigenvalue weighted by Crippen LogP contribution is 2.33. The molecule has 4 rings (SSSR count). The van der Waals surface area contributed by atoms with E-state index in [-0.39, 0.29) is 12.3 Å². The molecule has 0 saturated carbocycles. The predicted molar refractivity (Wildman–Crippen MR) is 129 cm³/mol. The lowest BCUT2D eigenvalue weighted by atomic mass is 9.93. The van der Waals surface area contributed by atoms with Crippen molar-refractivity contribution in [3.05, 3.63) is 65.9 Å². The van der Waals surface area contributed by atoms with Crippen molar-refractivity contribution in [1.82, 2.24) is 5.16 Å². The molecule has 8 nitrogen and oxygen atoms in total. The van der Waals surface area contributed by atoms with E-state index in [9.17, 15) is 9.59 Å². The molecule has 1 aliphatic heterocycles. The Labute approximate surface area is 198 Å². The lowest BCUT2D eigenvalue weighted by Gasteiger charge is -2.33. The molecule has 1 aromatic heterocycles. The van der Waals surface area contributed by atoms with Gasteiger partial charge in [-0.15, -0.1) is 0 Å². The van der Waals surface area contributed by atoms with Crippen LogP contribution in [0, 0.1) is 12.8 Å². The summed E-state index contributed by atoms with van der Waals surface area (Å²) in [5, 5.41) is 15.8. The second kappa shape index (κ2) is 10.4. The zero-order valence-electron chi connectivity index (χ0n) is 19.4. The predicted octanol–water partition coefficient (Wildman–Crippen LogP) is 5.65. The molecular weight excluding hydrogens is 434 g/mol. The van der Waals surface area contributed by atoms with Crippen LogP contribution < -0.4 is 10.2 Å². The van der Waals surface area contributed by atoms with Crippen LogP contribution in [0.5, 0.6) is 0 Å². The van der Waals surface area contributed by atoms with Gasteiger partial charge in [-0.25, -0.2) is 4.79 Å². The maximum absolute atomic E-state index is 12.5. The number of ether oxygens (including phenoxy) is 1. The molecule has 1 saturated heterocycles. The van der Waals surface area contributed by atoms with Crippen molar-refractivity contribution in [3.8, 4) is 11.3 Å². The molecule has 0 radical (unpaired) electrons. The Bertz CT molecular complexity index is 1120. The number of aliphatic carboxylic acids is 1. The zero-order valence-corrected chi connectivity index (χ0v) is 19.4. The van der Waals surface area contributed by atoms with Crippen LogP contribution >= 0.6 is 0 Å². The Kier molecular flexibility index (Phi) is 7.15. The number of nitrogens with one attached hydrogen (secondary N) is 1. The van der Waals surface area contributed by atoms with Gasteiger partial charge >= 0.3 is 12.1 Å². The van der Waals surface area contributed by atoms with E-state index in [2.05, 4.69) is 15.4 Å². The number of carbonyl (C=O) groups excluding carboxylic acids is 1. The van der Waals surface area contributed by atoms with Crippen molar-refractivity contribution in [2.75, 3.05) is 23.3 Å². The van der Waals surface area contributed by atoms with E-state index in [4.69, 9.17) is 14.4 Å². The van der Waals surface area contributed by atoms with Crippen LogP contribution in [0.1, 0.15) is 43.5 Å². The number of hydrogen-bond acceptors (Lipinski definition) is 6. The zero-order chi connectivity index (χ0) is 24.1. The Balaban J connectivity index is 1.40. The smallest absolute Gasteiger partial charge is 0.412 e. The van der Waals surface area contributed by atoms with Gasteiger partial charge in [0.05, 0.1) is 0 Å². The minimum atomic E-state index is -0.729. The summed E-state index contributed by atoms with van der Waals surface area (Å²) in [6.07, 6.45) is 0.994. The van der Waals surface area contributed by atoms with Crippen molar-refractivity contribution in [3.63, 3.8) is 0 Å². The highest BCUT2D eigenvalue weighted by molar-refractivity contribution is 5.91. The summed E-state index contributed by atoms with van der Waals surface area (Å²) in [6.45, 7) is 5.24. The fraction of sp³-hybridized carbons (Fsp3) is 0.346. The van der Waals surface area contributed by atoms with E-state index in [1.165, 1.54) is 0 Å². The molecule has 34 heavy (non-hydrogen) atoms. The number of piperidine rings is 1. The van der Waals surface area contributed by atoms with Gasteiger partial charge in [0.1, 0.15) is 17.5 Å². The summed E-state index contributed by atoms with van der Waals surface area (Å²) in [5.41, 5.74) is 3.80. The van der Waals surface area contributed by atoms with E-state index >= 15 is 0 Å². The molecule has 0 spiro atoms. The topological polar surface area (TPSA) is 105 Å². The van der Waals surface area contributed by atoms with Gasteiger partial charge in [0.25, 0.3) is 0 Å². The maximum atomic E-state index is 12.5. The number of nitrogens with zero attached hydrogens (tertiary/aromatic N) is 2. The van der Waals surface area contributed by atoms with Crippen molar-refractivity contribution < 1.29 is 24.0 Å². The van der Waals surface area contributed by atoms with Crippen molar-refractivity contribution in [1.29, 1.82) is 0 Å². The van der Waals surface area contributed by atoms with Gasteiger partial charge in [-0.05, 0) is 62.4 Å². The number of benzene rings is 2. The summed E-state index contributed by atoms with van der Waals surface area (Å²) in [5.74, 6) is -0.0234. The van der Waals surface area contributed by atoms with Crippen LogP contribution in [0.15, 0.2) is 59.1 Å². The second-order valence-electron chi connectivity index (χ2n) is 8.63. The Morgan fingerprint density at radius 1 is 1.15 bits per heavy atom. The van der Waals surface area contributed by atoms with E-state index in [0.717, 1.165) is 42.7 Å². The molecule has 1 fully saturated rings. The molecule has 0 aliphatic carbocycles. The number of aryl methyl sites for hydroxylation is 1. The van der Waals surface area contributed by atoms with Gasteiger partial charge in [0, 0.05) is 30.8 Å². The number of amides is 1. The number of carbonyl (C=O) groups is 2. The third-order valence-corrected chi connectivity index (χ3v) is 6.22. The number of hydrogen-bond donors (Lipinski definition) is 2. The first-order valence-electron chi connectivity index (χ1n) is 11.5. The fourth-order valence-electron chi connectivity index (χ4n) is 4.26. The van der Waals surface area contributed by atoms with E-state index in [1.807, 2.05) is 61.5 Å². The third-order valence-electron chi connectivity index (χ3n) is 6.22. The quantitative estimate of drug-likeness (QED) is 0.466. The molecule has 2 heterocycles. The van der Waals surface area contributed by atoms with E-state index < -0.39 is 18.2 Å². The first-order chi connectivity index (χ1) is 16.4. The summed E-state index contributed by atoms with van der Waals surface area (Å²) >= 11 is 0. The van der Waals surface area contributed by atoms with Gasteiger partial charge in [0.15, 0.2) is 5.76 Å². The number of anilines is 2. The second-order valence-corrected chi connectivity index (χ2v) is 8.63. The SMILES string of the molecule is Cc1noc(-c2ccc(N3CCC(CC(=O)O)CC3)cc2)c1NC(=O)OC(C)c1ccccc1. The molecule has 1 aliphatic rings. The van der Waals surface area contributed by atoms with Crippen LogP contribution in [0.2, 0.25) is 0 Å². The summed E-state index contributed by atoms with van der Waals surface area (Å²) in [6, 6.07) is 17.4. The summed E-state index contributed by atoms with van der Waals surface area (Å²) in [7, 11) is 0. The highest BCUT2D eigenvalue weighted by Gasteiger charge is 2.23. The normalized spacial score (nSPS) is 15.1. The number of carboxylic acids is 1. The standard InChI is InChI=1S/C26H29N3O5/c1-17-24(27-26(32)33-18(2)20-6-4-3-5-7-20)25(34-28-17)21-8-10-22(11-9-21)29-14-12-19(13-15-29)16-23(30)31/h3-11,18-19H,12-16H2,1-2H3,(H,27,32)(H,30,31). The van der Waals surface area contributed by atoms with Gasteiger partial charge < -0.3 is 19.3 Å². The van der Waals surface area contributed by atoms with Gasteiger partial charge in [-0.3, -0.25) is 10.1 Å². The van der Waals surface area contributed by atoms with Gasteiger partial charge in [-0.2, -0.15) is 0 Å².